The first kappa shape index (κ1) is 16.1. The molecule has 116 valence electrons. The Hall–Kier alpha value is -2.27. The number of benzene rings is 2. The zero-order valence-corrected chi connectivity index (χ0v) is 12.9. The van der Waals surface area contributed by atoms with Crippen LogP contribution in [0.2, 0.25) is 5.02 Å². The molecular formula is C16H16ClFN2O2. The van der Waals surface area contributed by atoms with Gasteiger partial charge in [0.25, 0.3) is 0 Å². The van der Waals surface area contributed by atoms with E-state index in [1.165, 1.54) is 12.1 Å². The molecule has 0 aliphatic heterocycles. The SMILES string of the molecule is COc1ccc(NC(C)C(=O)Nc2ccc(F)cc2Cl)cc1. The van der Waals surface area contributed by atoms with Gasteiger partial charge in [-0.1, -0.05) is 11.6 Å². The summed E-state index contributed by atoms with van der Waals surface area (Å²) in [4.78, 5) is 12.1. The number of ether oxygens (including phenoxy) is 1. The quantitative estimate of drug-likeness (QED) is 0.877. The molecule has 0 fully saturated rings. The van der Waals surface area contributed by atoms with Crippen LogP contribution in [0, 0.1) is 5.82 Å². The zero-order valence-electron chi connectivity index (χ0n) is 12.2. The standard InChI is InChI=1S/C16H16ClFN2O2/c1-10(19-12-4-6-13(22-2)7-5-12)16(21)20-15-8-3-11(18)9-14(15)17/h3-10,19H,1-2H3,(H,20,21). The summed E-state index contributed by atoms with van der Waals surface area (Å²) in [7, 11) is 1.59. The van der Waals surface area contributed by atoms with Gasteiger partial charge in [-0.2, -0.15) is 0 Å². The molecule has 1 amide bonds. The lowest BCUT2D eigenvalue weighted by Gasteiger charge is -2.16. The minimum Gasteiger partial charge on any atom is -0.497 e. The maximum absolute atomic E-state index is 13.0. The van der Waals surface area contributed by atoms with Crippen molar-refractivity contribution in [3.8, 4) is 5.75 Å². The first-order chi connectivity index (χ1) is 10.5. The second kappa shape index (κ2) is 7.13. The molecule has 0 heterocycles. The lowest BCUT2D eigenvalue weighted by atomic mass is 10.2. The fraction of sp³-hybridized carbons (Fsp3) is 0.188. The molecule has 0 saturated heterocycles. The lowest BCUT2D eigenvalue weighted by molar-refractivity contribution is -0.116. The monoisotopic (exact) mass is 322 g/mol. The maximum atomic E-state index is 13.0. The fourth-order valence-corrected chi connectivity index (χ4v) is 2.05. The molecule has 0 saturated carbocycles. The Bertz CT molecular complexity index is 662. The van der Waals surface area contributed by atoms with Gasteiger partial charge < -0.3 is 15.4 Å². The van der Waals surface area contributed by atoms with E-state index < -0.39 is 11.9 Å². The first-order valence-corrected chi connectivity index (χ1v) is 7.04. The molecular weight excluding hydrogens is 307 g/mol. The number of carbonyl (C=O) groups excluding carboxylic acids is 1. The Balaban J connectivity index is 1.99. The van der Waals surface area contributed by atoms with Crippen LogP contribution in [0.4, 0.5) is 15.8 Å². The van der Waals surface area contributed by atoms with E-state index in [0.717, 1.165) is 17.5 Å². The third-order valence-electron chi connectivity index (χ3n) is 3.06. The molecule has 2 rings (SSSR count). The van der Waals surface area contributed by atoms with Crippen LogP contribution in [0.25, 0.3) is 0 Å². The van der Waals surface area contributed by atoms with E-state index in [2.05, 4.69) is 10.6 Å². The van der Waals surface area contributed by atoms with Crippen LogP contribution in [0.15, 0.2) is 42.5 Å². The highest BCUT2D eigenvalue weighted by Crippen LogP contribution is 2.23. The Labute approximate surface area is 133 Å². The van der Waals surface area contributed by atoms with Crippen LogP contribution in [-0.4, -0.2) is 19.1 Å². The molecule has 0 aliphatic rings. The number of hydrogen-bond acceptors (Lipinski definition) is 3. The maximum Gasteiger partial charge on any atom is 0.246 e. The van der Waals surface area contributed by atoms with Crippen molar-refractivity contribution >= 4 is 28.9 Å². The van der Waals surface area contributed by atoms with E-state index in [1.54, 1.807) is 26.2 Å². The normalized spacial score (nSPS) is 11.6. The summed E-state index contributed by atoms with van der Waals surface area (Å²) in [6.07, 6.45) is 0. The third kappa shape index (κ3) is 4.11. The Kier molecular flexibility index (Phi) is 5.22. The molecule has 1 atom stereocenters. The number of nitrogens with one attached hydrogen (secondary N) is 2. The third-order valence-corrected chi connectivity index (χ3v) is 3.37. The summed E-state index contributed by atoms with van der Waals surface area (Å²) in [6.45, 7) is 1.72. The molecule has 2 N–H and O–H groups in total. The Morgan fingerprint density at radius 2 is 1.91 bits per heavy atom. The van der Waals surface area contributed by atoms with Crippen molar-refractivity contribution in [3.05, 3.63) is 53.3 Å². The van der Waals surface area contributed by atoms with E-state index >= 15 is 0 Å². The van der Waals surface area contributed by atoms with Crippen LogP contribution in [0.3, 0.4) is 0 Å². The number of anilines is 2. The molecule has 2 aromatic carbocycles. The first-order valence-electron chi connectivity index (χ1n) is 6.66. The number of hydrogen-bond donors (Lipinski definition) is 2. The lowest BCUT2D eigenvalue weighted by Crippen LogP contribution is -2.31. The summed E-state index contributed by atoms with van der Waals surface area (Å²) in [5.74, 6) is 0.0116. The molecule has 0 spiro atoms. The van der Waals surface area contributed by atoms with Crippen LogP contribution >= 0.6 is 11.6 Å². The van der Waals surface area contributed by atoms with Crippen molar-refractivity contribution in [1.82, 2.24) is 0 Å². The largest absolute Gasteiger partial charge is 0.497 e. The van der Waals surface area contributed by atoms with Gasteiger partial charge in [0, 0.05) is 5.69 Å². The van der Waals surface area contributed by atoms with Crippen molar-refractivity contribution < 1.29 is 13.9 Å². The average Bonchev–Trinajstić information content (AvgIpc) is 2.50. The van der Waals surface area contributed by atoms with Crippen molar-refractivity contribution in [3.63, 3.8) is 0 Å². The van der Waals surface area contributed by atoms with E-state index in [4.69, 9.17) is 16.3 Å². The van der Waals surface area contributed by atoms with Gasteiger partial charge in [-0.25, -0.2) is 4.39 Å². The molecule has 0 aromatic heterocycles. The highest BCUT2D eigenvalue weighted by Gasteiger charge is 2.14. The summed E-state index contributed by atoms with van der Waals surface area (Å²) in [5, 5.41) is 5.87. The van der Waals surface area contributed by atoms with Gasteiger partial charge in [0.05, 0.1) is 17.8 Å². The summed E-state index contributed by atoms with van der Waals surface area (Å²) in [5.41, 5.74) is 1.16. The van der Waals surface area contributed by atoms with E-state index in [1.807, 2.05) is 12.1 Å². The molecule has 0 bridgehead atoms. The summed E-state index contributed by atoms with van der Waals surface area (Å²) >= 11 is 5.88. The summed E-state index contributed by atoms with van der Waals surface area (Å²) in [6, 6.07) is 10.5. The van der Waals surface area contributed by atoms with Gasteiger partial charge in [0.2, 0.25) is 5.91 Å². The van der Waals surface area contributed by atoms with Gasteiger partial charge in [0.15, 0.2) is 0 Å². The van der Waals surface area contributed by atoms with Gasteiger partial charge in [-0.3, -0.25) is 4.79 Å². The van der Waals surface area contributed by atoms with E-state index in [-0.39, 0.29) is 10.9 Å². The van der Waals surface area contributed by atoms with Crippen LogP contribution in [0.1, 0.15) is 6.92 Å². The van der Waals surface area contributed by atoms with Crippen LogP contribution in [-0.2, 0) is 4.79 Å². The molecule has 0 radical (unpaired) electrons. The van der Waals surface area contributed by atoms with E-state index in [9.17, 15) is 9.18 Å². The highest BCUT2D eigenvalue weighted by molar-refractivity contribution is 6.33. The van der Waals surface area contributed by atoms with Gasteiger partial charge in [-0.05, 0) is 49.4 Å². The molecule has 22 heavy (non-hydrogen) atoms. The zero-order chi connectivity index (χ0) is 16.1. The topological polar surface area (TPSA) is 50.4 Å². The minimum absolute atomic E-state index is 0.157. The van der Waals surface area contributed by atoms with Crippen LogP contribution in [0.5, 0.6) is 5.75 Å². The van der Waals surface area contributed by atoms with Crippen molar-refractivity contribution in [2.45, 2.75) is 13.0 Å². The number of halogens is 2. The Morgan fingerprint density at radius 1 is 1.23 bits per heavy atom. The number of methoxy groups -OCH3 is 1. The molecule has 1 unspecified atom stereocenters. The van der Waals surface area contributed by atoms with Crippen LogP contribution < -0.4 is 15.4 Å². The number of rotatable bonds is 5. The number of carbonyl (C=O) groups is 1. The second-order valence-corrected chi connectivity index (χ2v) is 5.12. The predicted octanol–water partition coefficient (Wildman–Crippen LogP) is 3.93. The molecule has 4 nitrogen and oxygen atoms in total. The average molecular weight is 323 g/mol. The fourth-order valence-electron chi connectivity index (χ4n) is 1.83. The van der Waals surface area contributed by atoms with Crippen molar-refractivity contribution in [2.24, 2.45) is 0 Å². The van der Waals surface area contributed by atoms with Gasteiger partial charge in [0.1, 0.15) is 17.6 Å². The predicted molar refractivity (Wildman–Crippen MR) is 86.1 cm³/mol. The highest BCUT2D eigenvalue weighted by atomic mass is 35.5. The minimum atomic E-state index is -0.491. The molecule has 0 aliphatic carbocycles. The van der Waals surface area contributed by atoms with E-state index in [0.29, 0.717) is 5.69 Å². The second-order valence-electron chi connectivity index (χ2n) is 4.71. The number of amides is 1. The van der Waals surface area contributed by atoms with Gasteiger partial charge in [-0.15, -0.1) is 0 Å². The molecule has 6 heteroatoms. The smallest absolute Gasteiger partial charge is 0.246 e. The van der Waals surface area contributed by atoms with Gasteiger partial charge >= 0.3 is 0 Å². The molecule has 2 aromatic rings. The Morgan fingerprint density at radius 3 is 2.50 bits per heavy atom. The summed E-state index contributed by atoms with van der Waals surface area (Å²) < 4.78 is 18.0. The van der Waals surface area contributed by atoms with Crippen molar-refractivity contribution in [1.29, 1.82) is 0 Å². The van der Waals surface area contributed by atoms with Crippen molar-refractivity contribution in [2.75, 3.05) is 17.7 Å².